The molecule has 3 nitrogen and oxygen atoms in total. The summed E-state index contributed by atoms with van der Waals surface area (Å²) in [5.74, 6) is 1.43. The molecule has 0 radical (unpaired) electrons. The maximum Gasteiger partial charge on any atom is 0.190 e. The lowest BCUT2D eigenvalue weighted by molar-refractivity contribution is 0.629. The Labute approximate surface area is 134 Å². The molecular weight excluding hydrogens is 349 g/mol. The number of hydrogen-bond acceptors (Lipinski definition) is 1. The number of hydrogen-bond donors (Lipinski definition) is 2. The Hall–Kier alpha value is -0.780. The minimum Gasteiger partial charge on any atom is -0.356 e. The van der Waals surface area contributed by atoms with Crippen LogP contribution in [-0.4, -0.2) is 26.1 Å². The highest BCUT2D eigenvalue weighted by Gasteiger charge is 2.09. The highest BCUT2D eigenvalue weighted by atomic mass is 127. The Kier molecular flexibility index (Phi) is 10.6. The zero-order valence-electron chi connectivity index (χ0n) is 12.1. The first-order valence-corrected chi connectivity index (χ1v) is 6.81. The number of halogens is 1. The second-order valence-corrected chi connectivity index (χ2v) is 4.40. The molecule has 19 heavy (non-hydrogen) atoms. The Morgan fingerprint density at radius 1 is 1.16 bits per heavy atom. The molecule has 1 aromatic carbocycles. The van der Waals surface area contributed by atoms with E-state index in [-0.39, 0.29) is 24.0 Å². The Morgan fingerprint density at radius 3 is 2.37 bits per heavy atom. The highest BCUT2D eigenvalue weighted by Crippen LogP contribution is 2.17. The van der Waals surface area contributed by atoms with Gasteiger partial charge in [-0.15, -0.1) is 24.0 Å². The van der Waals surface area contributed by atoms with Crippen LogP contribution < -0.4 is 10.6 Å². The summed E-state index contributed by atoms with van der Waals surface area (Å²) < 4.78 is 0. The molecule has 0 spiro atoms. The van der Waals surface area contributed by atoms with Gasteiger partial charge in [0, 0.05) is 26.1 Å². The van der Waals surface area contributed by atoms with Gasteiger partial charge in [0.15, 0.2) is 5.96 Å². The van der Waals surface area contributed by atoms with Crippen molar-refractivity contribution in [3.05, 3.63) is 35.9 Å². The molecular formula is C15H26IN3. The van der Waals surface area contributed by atoms with Crippen LogP contribution in [-0.2, 0) is 0 Å². The van der Waals surface area contributed by atoms with Crippen LogP contribution in [0.1, 0.15) is 38.2 Å². The van der Waals surface area contributed by atoms with Gasteiger partial charge < -0.3 is 10.6 Å². The van der Waals surface area contributed by atoms with Crippen LogP contribution >= 0.6 is 24.0 Å². The van der Waals surface area contributed by atoms with Crippen molar-refractivity contribution in [3.8, 4) is 0 Å². The van der Waals surface area contributed by atoms with Crippen molar-refractivity contribution in [2.45, 2.75) is 32.6 Å². The molecule has 1 aromatic rings. The molecule has 0 saturated heterocycles. The molecule has 1 unspecified atom stereocenters. The van der Waals surface area contributed by atoms with Crippen LogP contribution in [0.3, 0.4) is 0 Å². The van der Waals surface area contributed by atoms with E-state index in [2.05, 4.69) is 59.8 Å². The van der Waals surface area contributed by atoms with Gasteiger partial charge >= 0.3 is 0 Å². The first-order valence-electron chi connectivity index (χ1n) is 6.81. The molecule has 108 valence electrons. The van der Waals surface area contributed by atoms with Crippen molar-refractivity contribution in [1.82, 2.24) is 10.6 Å². The van der Waals surface area contributed by atoms with Gasteiger partial charge in [0.2, 0.25) is 0 Å². The van der Waals surface area contributed by atoms with Gasteiger partial charge in [-0.2, -0.15) is 0 Å². The Balaban J connectivity index is 0.00000324. The van der Waals surface area contributed by atoms with Gasteiger partial charge in [0.1, 0.15) is 0 Å². The number of nitrogens with zero attached hydrogens (tertiary/aromatic N) is 1. The molecule has 2 N–H and O–H groups in total. The molecule has 0 bridgehead atoms. The highest BCUT2D eigenvalue weighted by molar-refractivity contribution is 14.0. The first kappa shape index (κ1) is 18.2. The van der Waals surface area contributed by atoms with E-state index >= 15 is 0 Å². The number of rotatable bonds is 6. The molecule has 1 rings (SSSR count). The second kappa shape index (κ2) is 11.1. The number of benzene rings is 1. The van der Waals surface area contributed by atoms with Crippen molar-refractivity contribution in [1.29, 1.82) is 0 Å². The standard InChI is InChI=1S/C15H25N3.HI/c1-4-11-17-15(16-3)18-12-13(5-2)14-9-7-6-8-10-14;/h6-10,13H,4-5,11-12H2,1-3H3,(H2,16,17,18);1H. The van der Waals surface area contributed by atoms with E-state index in [9.17, 15) is 0 Å². The normalized spacial score (nSPS) is 12.5. The molecule has 4 heteroatoms. The predicted octanol–water partition coefficient (Wildman–Crippen LogP) is 3.37. The minimum absolute atomic E-state index is 0. The lowest BCUT2D eigenvalue weighted by Crippen LogP contribution is -2.39. The Morgan fingerprint density at radius 2 is 1.84 bits per heavy atom. The van der Waals surface area contributed by atoms with Crippen molar-refractivity contribution in [2.24, 2.45) is 4.99 Å². The third-order valence-corrected chi connectivity index (χ3v) is 3.05. The quantitative estimate of drug-likeness (QED) is 0.454. The largest absolute Gasteiger partial charge is 0.356 e. The van der Waals surface area contributed by atoms with E-state index in [1.807, 2.05) is 7.05 Å². The molecule has 0 aliphatic carbocycles. The van der Waals surface area contributed by atoms with Crippen LogP contribution in [0.5, 0.6) is 0 Å². The van der Waals surface area contributed by atoms with E-state index in [4.69, 9.17) is 0 Å². The SMILES string of the molecule is CCCNC(=NC)NCC(CC)c1ccccc1.I. The minimum atomic E-state index is 0. The zero-order valence-corrected chi connectivity index (χ0v) is 14.5. The summed E-state index contributed by atoms with van der Waals surface area (Å²) in [5, 5.41) is 6.68. The second-order valence-electron chi connectivity index (χ2n) is 4.40. The number of aliphatic imine (C=N–C) groups is 1. The van der Waals surface area contributed by atoms with Crippen LogP contribution in [0.15, 0.2) is 35.3 Å². The Bertz CT molecular complexity index is 352. The van der Waals surface area contributed by atoms with Crippen molar-refractivity contribution in [3.63, 3.8) is 0 Å². The van der Waals surface area contributed by atoms with Gasteiger partial charge in [0.25, 0.3) is 0 Å². The first-order chi connectivity index (χ1) is 8.81. The summed E-state index contributed by atoms with van der Waals surface area (Å²) >= 11 is 0. The van der Waals surface area contributed by atoms with E-state index in [0.29, 0.717) is 5.92 Å². The summed E-state index contributed by atoms with van der Waals surface area (Å²) in [5.41, 5.74) is 1.39. The van der Waals surface area contributed by atoms with E-state index in [0.717, 1.165) is 31.9 Å². The molecule has 0 heterocycles. The van der Waals surface area contributed by atoms with Crippen LogP contribution in [0.25, 0.3) is 0 Å². The fourth-order valence-electron chi connectivity index (χ4n) is 1.91. The van der Waals surface area contributed by atoms with Crippen LogP contribution in [0.4, 0.5) is 0 Å². The van der Waals surface area contributed by atoms with E-state index in [1.165, 1.54) is 5.56 Å². The monoisotopic (exact) mass is 375 g/mol. The summed E-state index contributed by atoms with van der Waals surface area (Å²) in [4.78, 5) is 4.22. The smallest absolute Gasteiger partial charge is 0.190 e. The van der Waals surface area contributed by atoms with Crippen LogP contribution in [0, 0.1) is 0 Å². The summed E-state index contributed by atoms with van der Waals surface area (Å²) in [7, 11) is 1.81. The van der Waals surface area contributed by atoms with E-state index in [1.54, 1.807) is 0 Å². The zero-order chi connectivity index (χ0) is 13.2. The maximum absolute atomic E-state index is 4.22. The molecule has 0 saturated carbocycles. The average molecular weight is 375 g/mol. The van der Waals surface area contributed by atoms with Crippen molar-refractivity contribution < 1.29 is 0 Å². The molecule has 0 aliphatic rings. The number of guanidine groups is 1. The fourth-order valence-corrected chi connectivity index (χ4v) is 1.91. The van der Waals surface area contributed by atoms with Gasteiger partial charge in [-0.1, -0.05) is 44.2 Å². The third kappa shape index (κ3) is 6.80. The van der Waals surface area contributed by atoms with Gasteiger partial charge in [-0.3, -0.25) is 4.99 Å². The topological polar surface area (TPSA) is 36.4 Å². The molecule has 0 aliphatic heterocycles. The van der Waals surface area contributed by atoms with E-state index < -0.39 is 0 Å². The van der Waals surface area contributed by atoms with Crippen molar-refractivity contribution in [2.75, 3.05) is 20.1 Å². The lowest BCUT2D eigenvalue weighted by Gasteiger charge is -2.18. The van der Waals surface area contributed by atoms with Crippen LogP contribution in [0.2, 0.25) is 0 Å². The summed E-state index contributed by atoms with van der Waals surface area (Å²) in [6, 6.07) is 10.6. The number of nitrogens with one attached hydrogen (secondary N) is 2. The third-order valence-electron chi connectivity index (χ3n) is 3.05. The van der Waals surface area contributed by atoms with Gasteiger partial charge in [-0.05, 0) is 18.4 Å². The molecule has 0 amide bonds. The van der Waals surface area contributed by atoms with Gasteiger partial charge in [0.05, 0.1) is 0 Å². The summed E-state index contributed by atoms with van der Waals surface area (Å²) in [6.07, 6.45) is 2.23. The average Bonchev–Trinajstić information content (AvgIpc) is 2.44. The molecule has 0 fully saturated rings. The predicted molar refractivity (Wildman–Crippen MR) is 94.5 cm³/mol. The molecule has 1 atom stereocenters. The van der Waals surface area contributed by atoms with Crippen molar-refractivity contribution >= 4 is 29.9 Å². The fraction of sp³-hybridized carbons (Fsp3) is 0.533. The lowest BCUT2D eigenvalue weighted by atomic mass is 9.97. The summed E-state index contributed by atoms with van der Waals surface area (Å²) in [6.45, 7) is 6.26. The van der Waals surface area contributed by atoms with Gasteiger partial charge in [-0.25, -0.2) is 0 Å². The molecule has 0 aromatic heterocycles. The maximum atomic E-state index is 4.22.